The number of hydrogen-bond acceptors (Lipinski definition) is 4. The van der Waals surface area contributed by atoms with Crippen LogP contribution >= 0.6 is 0 Å². The lowest BCUT2D eigenvalue weighted by Crippen LogP contribution is -2.35. The first-order valence-electron chi connectivity index (χ1n) is 5.37. The van der Waals surface area contributed by atoms with Crippen LogP contribution in [-0.4, -0.2) is 19.1 Å². The molecule has 5 heteroatoms. The molecule has 1 amide bonds. The molecular formula is C13H15N3O2. The third-order valence-electron chi connectivity index (χ3n) is 2.35. The predicted octanol–water partition coefficient (Wildman–Crippen LogP) is 1.41. The first-order chi connectivity index (χ1) is 8.62. The van der Waals surface area contributed by atoms with Crippen LogP contribution in [0, 0.1) is 11.3 Å². The summed E-state index contributed by atoms with van der Waals surface area (Å²) in [6.45, 7) is 3.53. The Morgan fingerprint density at radius 1 is 1.72 bits per heavy atom. The summed E-state index contributed by atoms with van der Waals surface area (Å²) in [6.07, 6.45) is 1.98. The fraction of sp³-hybridized carbons (Fsp3) is 0.231. The molecule has 1 rings (SSSR count). The van der Waals surface area contributed by atoms with Gasteiger partial charge in [-0.1, -0.05) is 6.08 Å². The molecule has 18 heavy (non-hydrogen) atoms. The molecule has 1 atom stereocenters. The number of ether oxygens (including phenoxy) is 1. The van der Waals surface area contributed by atoms with Crippen LogP contribution in [0.1, 0.15) is 12.0 Å². The Morgan fingerprint density at radius 3 is 3.00 bits per heavy atom. The van der Waals surface area contributed by atoms with Gasteiger partial charge in [-0.2, -0.15) is 5.26 Å². The molecule has 5 nitrogen and oxygen atoms in total. The zero-order chi connectivity index (χ0) is 13.5. The van der Waals surface area contributed by atoms with Gasteiger partial charge in [-0.05, 0) is 18.6 Å². The van der Waals surface area contributed by atoms with Crippen molar-refractivity contribution < 1.29 is 9.53 Å². The first kappa shape index (κ1) is 13.7. The number of carbonyl (C=O) groups is 1. The first-order valence-corrected chi connectivity index (χ1v) is 5.37. The van der Waals surface area contributed by atoms with Crippen LogP contribution in [0.25, 0.3) is 0 Å². The third-order valence-corrected chi connectivity index (χ3v) is 2.35. The van der Waals surface area contributed by atoms with Crippen molar-refractivity contribution in [3.05, 3.63) is 36.4 Å². The van der Waals surface area contributed by atoms with Gasteiger partial charge < -0.3 is 15.8 Å². The molecule has 0 bridgehead atoms. The minimum atomic E-state index is -0.650. The van der Waals surface area contributed by atoms with Crippen LogP contribution in [0.15, 0.2) is 30.9 Å². The molecule has 94 valence electrons. The van der Waals surface area contributed by atoms with E-state index in [4.69, 9.17) is 15.7 Å². The van der Waals surface area contributed by atoms with Crippen LogP contribution in [0.2, 0.25) is 0 Å². The molecule has 0 saturated heterocycles. The van der Waals surface area contributed by atoms with Crippen molar-refractivity contribution in [3.8, 4) is 11.8 Å². The minimum Gasteiger partial charge on any atom is -0.495 e. The molecule has 0 saturated carbocycles. The number of carbonyl (C=O) groups excluding carboxylic acids is 1. The molecule has 1 unspecified atom stereocenters. The Kier molecular flexibility index (Phi) is 4.90. The van der Waals surface area contributed by atoms with Crippen molar-refractivity contribution in [2.75, 3.05) is 12.4 Å². The van der Waals surface area contributed by atoms with Crippen molar-refractivity contribution in [2.45, 2.75) is 12.5 Å². The van der Waals surface area contributed by atoms with Gasteiger partial charge in [0.2, 0.25) is 5.91 Å². The van der Waals surface area contributed by atoms with Crippen molar-refractivity contribution in [2.24, 2.45) is 5.73 Å². The third kappa shape index (κ3) is 3.34. The maximum absolute atomic E-state index is 11.7. The highest BCUT2D eigenvalue weighted by atomic mass is 16.5. The normalized spacial score (nSPS) is 11.2. The number of anilines is 1. The summed E-state index contributed by atoms with van der Waals surface area (Å²) in [5.74, 6) is 0.103. The molecular weight excluding hydrogens is 230 g/mol. The van der Waals surface area contributed by atoms with Gasteiger partial charge in [0.05, 0.1) is 30.5 Å². The van der Waals surface area contributed by atoms with Gasteiger partial charge in [0.1, 0.15) is 5.75 Å². The summed E-state index contributed by atoms with van der Waals surface area (Å²) in [7, 11) is 1.47. The van der Waals surface area contributed by atoms with Gasteiger partial charge in [-0.3, -0.25) is 4.79 Å². The number of methoxy groups -OCH3 is 1. The van der Waals surface area contributed by atoms with E-state index in [1.165, 1.54) is 7.11 Å². The number of nitrogens with two attached hydrogens (primary N) is 1. The average molecular weight is 245 g/mol. The smallest absolute Gasteiger partial charge is 0.241 e. The second kappa shape index (κ2) is 6.42. The fourth-order valence-electron chi connectivity index (χ4n) is 1.38. The molecule has 0 heterocycles. The maximum Gasteiger partial charge on any atom is 0.241 e. The number of nitriles is 1. The zero-order valence-corrected chi connectivity index (χ0v) is 10.1. The molecule has 0 aliphatic carbocycles. The molecule has 0 aromatic heterocycles. The van der Waals surface area contributed by atoms with E-state index < -0.39 is 6.04 Å². The van der Waals surface area contributed by atoms with E-state index in [1.807, 2.05) is 6.07 Å². The van der Waals surface area contributed by atoms with Crippen molar-refractivity contribution in [3.63, 3.8) is 0 Å². The SMILES string of the molecule is C=CCC(N)C(=O)Nc1ccc(C#N)cc1OC. The summed E-state index contributed by atoms with van der Waals surface area (Å²) < 4.78 is 5.10. The number of nitrogens with zero attached hydrogens (tertiary/aromatic N) is 1. The number of hydrogen-bond donors (Lipinski definition) is 2. The van der Waals surface area contributed by atoms with Crippen LogP contribution in [0.5, 0.6) is 5.75 Å². The highest BCUT2D eigenvalue weighted by molar-refractivity contribution is 5.96. The standard InChI is InChI=1S/C13H15N3O2/c1-3-4-10(15)13(17)16-11-6-5-9(8-14)7-12(11)18-2/h3,5-7,10H,1,4,15H2,2H3,(H,16,17). The summed E-state index contributed by atoms with van der Waals surface area (Å²) in [4.78, 5) is 11.7. The van der Waals surface area contributed by atoms with Gasteiger partial charge in [0.15, 0.2) is 0 Å². The Labute approximate surface area is 106 Å². The van der Waals surface area contributed by atoms with E-state index in [1.54, 1.807) is 24.3 Å². The van der Waals surface area contributed by atoms with Gasteiger partial charge in [-0.25, -0.2) is 0 Å². The van der Waals surface area contributed by atoms with E-state index in [2.05, 4.69) is 11.9 Å². The quantitative estimate of drug-likeness (QED) is 0.768. The molecule has 0 fully saturated rings. The van der Waals surface area contributed by atoms with Gasteiger partial charge in [-0.15, -0.1) is 6.58 Å². The maximum atomic E-state index is 11.7. The Hall–Kier alpha value is -2.32. The van der Waals surface area contributed by atoms with Crippen molar-refractivity contribution in [1.29, 1.82) is 5.26 Å². The highest BCUT2D eigenvalue weighted by Gasteiger charge is 2.14. The molecule has 0 aliphatic heterocycles. The van der Waals surface area contributed by atoms with E-state index in [0.29, 0.717) is 23.4 Å². The fourth-order valence-corrected chi connectivity index (χ4v) is 1.38. The van der Waals surface area contributed by atoms with E-state index >= 15 is 0 Å². The van der Waals surface area contributed by atoms with Crippen LogP contribution in [0.3, 0.4) is 0 Å². The molecule has 0 aliphatic rings. The van der Waals surface area contributed by atoms with Crippen molar-refractivity contribution in [1.82, 2.24) is 0 Å². The second-order valence-corrected chi connectivity index (χ2v) is 3.65. The second-order valence-electron chi connectivity index (χ2n) is 3.65. The molecule has 3 N–H and O–H groups in total. The zero-order valence-electron chi connectivity index (χ0n) is 10.1. The van der Waals surface area contributed by atoms with Gasteiger partial charge in [0.25, 0.3) is 0 Å². The lowest BCUT2D eigenvalue weighted by molar-refractivity contribution is -0.117. The lowest BCUT2D eigenvalue weighted by atomic mass is 10.1. The Bertz CT molecular complexity index is 491. The number of rotatable bonds is 5. The monoisotopic (exact) mass is 245 g/mol. The molecule has 0 spiro atoms. The summed E-state index contributed by atoms with van der Waals surface area (Å²) in [5.41, 5.74) is 6.59. The Morgan fingerprint density at radius 2 is 2.44 bits per heavy atom. The lowest BCUT2D eigenvalue weighted by Gasteiger charge is -2.13. The van der Waals surface area contributed by atoms with Gasteiger partial charge >= 0.3 is 0 Å². The van der Waals surface area contributed by atoms with Crippen LogP contribution in [0.4, 0.5) is 5.69 Å². The number of nitrogens with one attached hydrogen (secondary N) is 1. The van der Waals surface area contributed by atoms with E-state index in [9.17, 15) is 4.79 Å². The highest BCUT2D eigenvalue weighted by Crippen LogP contribution is 2.25. The average Bonchev–Trinajstić information content (AvgIpc) is 2.39. The summed E-state index contributed by atoms with van der Waals surface area (Å²) in [5, 5.41) is 11.4. The predicted molar refractivity (Wildman–Crippen MR) is 69.1 cm³/mol. The topological polar surface area (TPSA) is 88.1 Å². The summed E-state index contributed by atoms with van der Waals surface area (Å²) >= 11 is 0. The largest absolute Gasteiger partial charge is 0.495 e. The number of benzene rings is 1. The van der Waals surface area contributed by atoms with Crippen LogP contribution in [-0.2, 0) is 4.79 Å². The van der Waals surface area contributed by atoms with E-state index in [-0.39, 0.29) is 5.91 Å². The Balaban J connectivity index is 2.87. The summed E-state index contributed by atoms with van der Waals surface area (Å²) in [6, 6.07) is 6.10. The van der Waals surface area contributed by atoms with E-state index in [0.717, 1.165) is 0 Å². The number of amides is 1. The molecule has 1 aromatic carbocycles. The van der Waals surface area contributed by atoms with Crippen LogP contribution < -0.4 is 15.8 Å². The van der Waals surface area contributed by atoms with Gasteiger partial charge in [0, 0.05) is 6.07 Å². The minimum absolute atomic E-state index is 0.321. The molecule has 0 radical (unpaired) electrons. The molecule has 1 aromatic rings. The van der Waals surface area contributed by atoms with Crippen molar-refractivity contribution >= 4 is 11.6 Å².